The molecular weight excluding hydrogens is 485 g/mol. The van der Waals surface area contributed by atoms with Gasteiger partial charge in [-0.2, -0.15) is 0 Å². The van der Waals surface area contributed by atoms with Crippen molar-refractivity contribution < 1.29 is 14.3 Å². The van der Waals surface area contributed by atoms with Crippen molar-refractivity contribution >= 4 is 34.9 Å². The molecule has 0 saturated carbocycles. The molecule has 0 fully saturated rings. The average Bonchev–Trinajstić information content (AvgIpc) is 3.07. The Balaban J connectivity index is 2.84. The zero-order chi connectivity index (χ0) is 22.4. The maximum Gasteiger partial charge on any atom is 0.419 e. The SMILES string of the molecule is C=C/C=C(\C)[C@@H](CCN(I)C(=O)OC(C)(C)C)NC(=O)c1cn(C(C)(C)C)nn1. The van der Waals surface area contributed by atoms with Crippen molar-refractivity contribution in [3.63, 3.8) is 0 Å². The molecule has 0 aliphatic rings. The van der Waals surface area contributed by atoms with E-state index in [1.165, 1.54) is 3.11 Å². The first-order valence-electron chi connectivity index (χ1n) is 9.44. The minimum atomic E-state index is -0.564. The Hall–Kier alpha value is -1.91. The Kier molecular flexibility index (Phi) is 8.85. The zero-order valence-electron chi connectivity index (χ0n) is 18.3. The van der Waals surface area contributed by atoms with Gasteiger partial charge in [0.1, 0.15) is 5.60 Å². The van der Waals surface area contributed by atoms with Gasteiger partial charge < -0.3 is 10.1 Å². The van der Waals surface area contributed by atoms with Crippen molar-refractivity contribution in [1.29, 1.82) is 0 Å². The van der Waals surface area contributed by atoms with Crippen LogP contribution in [0.25, 0.3) is 0 Å². The summed E-state index contributed by atoms with van der Waals surface area (Å²) in [6.07, 6.45) is 5.23. The quantitative estimate of drug-likeness (QED) is 0.332. The summed E-state index contributed by atoms with van der Waals surface area (Å²) in [5.74, 6) is -0.320. The number of nitrogens with zero attached hydrogens (tertiary/aromatic N) is 4. The molecule has 0 aromatic carbocycles. The van der Waals surface area contributed by atoms with Crippen LogP contribution >= 0.6 is 22.9 Å². The van der Waals surface area contributed by atoms with E-state index in [0.29, 0.717) is 13.0 Å². The Morgan fingerprint density at radius 2 is 1.97 bits per heavy atom. The van der Waals surface area contributed by atoms with Gasteiger partial charge >= 0.3 is 6.09 Å². The van der Waals surface area contributed by atoms with Crippen LogP contribution in [0.2, 0.25) is 0 Å². The van der Waals surface area contributed by atoms with Crippen LogP contribution in [0.1, 0.15) is 65.4 Å². The second-order valence-electron chi connectivity index (χ2n) is 8.75. The second kappa shape index (κ2) is 10.2. The Bertz CT molecular complexity index is 759. The van der Waals surface area contributed by atoms with Gasteiger partial charge in [-0.1, -0.05) is 29.5 Å². The monoisotopic (exact) mass is 517 g/mol. The van der Waals surface area contributed by atoms with Gasteiger partial charge in [0.05, 0.1) is 40.6 Å². The topological polar surface area (TPSA) is 89.4 Å². The molecule has 162 valence electrons. The van der Waals surface area contributed by atoms with E-state index in [-0.39, 0.29) is 23.2 Å². The van der Waals surface area contributed by atoms with E-state index in [0.717, 1.165) is 5.57 Å². The van der Waals surface area contributed by atoms with Gasteiger partial charge in [-0.05, 0) is 54.9 Å². The van der Waals surface area contributed by atoms with Crippen molar-refractivity contribution in [3.8, 4) is 0 Å². The van der Waals surface area contributed by atoms with Gasteiger partial charge in [0.2, 0.25) is 0 Å². The first-order valence-corrected chi connectivity index (χ1v) is 10.4. The number of halogens is 1. The second-order valence-corrected chi connectivity index (χ2v) is 9.91. The molecule has 0 bridgehead atoms. The molecular formula is C20H32IN5O3. The van der Waals surface area contributed by atoms with Crippen molar-refractivity contribution in [1.82, 2.24) is 23.4 Å². The van der Waals surface area contributed by atoms with Crippen LogP contribution in [0, 0.1) is 0 Å². The Morgan fingerprint density at radius 1 is 1.34 bits per heavy atom. The number of carbonyl (C=O) groups excluding carboxylic acids is 2. The van der Waals surface area contributed by atoms with Crippen molar-refractivity contribution in [3.05, 3.63) is 36.2 Å². The van der Waals surface area contributed by atoms with Crippen molar-refractivity contribution in [2.24, 2.45) is 0 Å². The number of carbonyl (C=O) groups is 2. The lowest BCUT2D eigenvalue weighted by Crippen LogP contribution is -2.39. The van der Waals surface area contributed by atoms with Crippen LogP contribution in [0.5, 0.6) is 0 Å². The number of ether oxygens (including phenoxy) is 1. The molecule has 0 saturated heterocycles. The average molecular weight is 517 g/mol. The third-order valence-electron chi connectivity index (χ3n) is 3.85. The predicted octanol–water partition coefficient (Wildman–Crippen LogP) is 4.24. The molecule has 1 rings (SSSR count). The van der Waals surface area contributed by atoms with E-state index in [2.05, 4.69) is 22.2 Å². The molecule has 8 nitrogen and oxygen atoms in total. The van der Waals surface area contributed by atoms with E-state index in [4.69, 9.17) is 4.74 Å². The van der Waals surface area contributed by atoms with Gasteiger partial charge in [-0.15, -0.1) is 5.10 Å². The van der Waals surface area contributed by atoms with Crippen LogP contribution in [-0.4, -0.2) is 48.3 Å². The van der Waals surface area contributed by atoms with Gasteiger partial charge in [-0.25, -0.2) is 12.6 Å². The number of allylic oxidation sites excluding steroid dienone is 2. The normalized spacial score (nSPS) is 13.6. The summed E-state index contributed by atoms with van der Waals surface area (Å²) >= 11 is 1.92. The minimum absolute atomic E-state index is 0.245. The highest BCUT2D eigenvalue weighted by Crippen LogP contribution is 2.16. The van der Waals surface area contributed by atoms with Crippen molar-refractivity contribution in [2.75, 3.05) is 6.54 Å². The molecule has 0 aliphatic carbocycles. The van der Waals surface area contributed by atoms with Crippen LogP contribution in [-0.2, 0) is 10.3 Å². The highest BCUT2D eigenvalue weighted by Gasteiger charge is 2.24. The first kappa shape index (κ1) is 25.1. The van der Waals surface area contributed by atoms with Gasteiger partial charge in [-0.3, -0.25) is 4.79 Å². The standard InChI is InChI=1S/C20H32IN5O3/c1-9-10-14(2)15(11-12-25(21)18(28)29-20(6,7)8)22-17(27)16-13-26(24-23-16)19(3,4)5/h9-10,13,15H,1,11-12H2,2-8H3,(H,22,27)/b14-10+/t15-/m1/s1. The molecule has 1 aromatic rings. The highest BCUT2D eigenvalue weighted by atomic mass is 127. The van der Waals surface area contributed by atoms with E-state index in [9.17, 15) is 9.59 Å². The Morgan fingerprint density at radius 3 is 2.45 bits per heavy atom. The zero-order valence-corrected chi connectivity index (χ0v) is 20.5. The largest absolute Gasteiger partial charge is 0.443 e. The van der Waals surface area contributed by atoms with Crippen LogP contribution in [0.4, 0.5) is 4.79 Å². The van der Waals surface area contributed by atoms with E-state index < -0.39 is 11.7 Å². The molecule has 1 N–H and O–H groups in total. The molecule has 9 heteroatoms. The number of nitrogens with one attached hydrogen (secondary N) is 1. The number of aromatic nitrogens is 3. The summed E-state index contributed by atoms with van der Waals surface area (Å²) < 4.78 is 8.49. The lowest BCUT2D eigenvalue weighted by molar-refractivity contribution is 0.0427. The summed E-state index contributed by atoms with van der Waals surface area (Å²) in [6.45, 7) is 17.4. The van der Waals surface area contributed by atoms with Gasteiger partial charge in [0, 0.05) is 6.54 Å². The number of hydrogen-bond donors (Lipinski definition) is 1. The molecule has 1 aromatic heterocycles. The van der Waals surface area contributed by atoms with Gasteiger partial charge in [0.25, 0.3) is 5.91 Å². The summed E-state index contributed by atoms with van der Waals surface area (Å²) in [5, 5.41) is 11.0. The maximum atomic E-state index is 12.7. The third-order valence-corrected chi connectivity index (χ3v) is 4.73. The van der Waals surface area contributed by atoms with Crippen LogP contribution in [0.3, 0.4) is 0 Å². The summed E-state index contributed by atoms with van der Waals surface area (Å²) in [7, 11) is 0. The van der Waals surface area contributed by atoms with E-state index >= 15 is 0 Å². The lowest BCUT2D eigenvalue weighted by Gasteiger charge is -2.25. The van der Waals surface area contributed by atoms with Crippen LogP contribution in [0.15, 0.2) is 30.5 Å². The Labute approximate surface area is 187 Å². The van der Waals surface area contributed by atoms with Gasteiger partial charge in [0.15, 0.2) is 5.69 Å². The summed E-state index contributed by atoms with van der Waals surface area (Å²) in [6, 6.07) is -0.292. The third kappa shape index (κ3) is 8.55. The maximum absolute atomic E-state index is 12.7. The highest BCUT2D eigenvalue weighted by molar-refractivity contribution is 14.1. The minimum Gasteiger partial charge on any atom is -0.443 e. The summed E-state index contributed by atoms with van der Waals surface area (Å²) in [5.41, 5.74) is 0.338. The van der Waals surface area contributed by atoms with E-state index in [1.807, 2.05) is 77.4 Å². The van der Waals surface area contributed by atoms with E-state index in [1.54, 1.807) is 17.0 Å². The molecule has 0 radical (unpaired) electrons. The fraction of sp³-hybridized carbons (Fsp3) is 0.600. The molecule has 2 amide bonds. The number of amides is 2. The molecule has 1 heterocycles. The van der Waals surface area contributed by atoms with Crippen molar-refractivity contribution in [2.45, 2.75) is 72.1 Å². The molecule has 0 unspecified atom stereocenters. The lowest BCUT2D eigenvalue weighted by atomic mass is 10.0. The number of hydrogen-bond acceptors (Lipinski definition) is 5. The first-order chi connectivity index (χ1) is 13.2. The fourth-order valence-electron chi connectivity index (χ4n) is 2.29. The smallest absolute Gasteiger partial charge is 0.419 e. The fourth-order valence-corrected chi connectivity index (χ4v) is 2.67. The number of rotatable bonds is 7. The van der Waals surface area contributed by atoms with Crippen LogP contribution < -0.4 is 5.32 Å². The predicted molar refractivity (Wildman–Crippen MR) is 122 cm³/mol. The molecule has 0 aliphatic heterocycles. The molecule has 1 atom stereocenters. The molecule has 29 heavy (non-hydrogen) atoms. The summed E-state index contributed by atoms with van der Waals surface area (Å²) in [4.78, 5) is 24.8. The molecule has 0 spiro atoms.